The third kappa shape index (κ3) is 9.11. The van der Waals surface area contributed by atoms with Gasteiger partial charge in [-0.05, 0) is 65.2 Å². The molecule has 0 fully saturated rings. The zero-order chi connectivity index (χ0) is 33.0. The van der Waals surface area contributed by atoms with E-state index in [1.165, 1.54) is 42.5 Å². The molecule has 0 heterocycles. The monoisotopic (exact) mass is 647 g/mol. The Labute approximate surface area is 249 Å². The fourth-order valence-corrected chi connectivity index (χ4v) is 4.43. The second kappa shape index (κ2) is 13.4. The highest BCUT2D eigenvalue weighted by Gasteiger charge is 2.34. The molecule has 0 saturated carbocycles. The van der Waals surface area contributed by atoms with Crippen molar-refractivity contribution in [2.24, 2.45) is 0 Å². The van der Waals surface area contributed by atoms with Crippen molar-refractivity contribution in [3.8, 4) is 11.5 Å². The van der Waals surface area contributed by atoms with Gasteiger partial charge in [0.2, 0.25) is 0 Å². The first kappa shape index (κ1) is 33.6. The van der Waals surface area contributed by atoms with E-state index < -0.39 is 60.1 Å². The highest BCUT2D eigenvalue weighted by molar-refractivity contribution is 5.40. The summed E-state index contributed by atoms with van der Waals surface area (Å²) in [5.74, 6) is -1.54. The predicted octanol–water partition coefficient (Wildman–Crippen LogP) is 8.75. The molecule has 0 aliphatic heterocycles. The lowest BCUT2D eigenvalue weighted by molar-refractivity contribution is -0.274. The van der Waals surface area contributed by atoms with E-state index in [0.29, 0.717) is 11.6 Å². The highest BCUT2D eigenvalue weighted by atomic mass is 19.4. The van der Waals surface area contributed by atoms with Crippen molar-refractivity contribution in [2.45, 2.75) is 37.4 Å². The van der Waals surface area contributed by atoms with Crippen LogP contribution in [0.5, 0.6) is 11.5 Å². The maximum absolute atomic E-state index is 15.2. The van der Waals surface area contributed by atoms with Crippen molar-refractivity contribution >= 4 is 0 Å². The number of benzene rings is 4. The lowest BCUT2D eigenvalue weighted by atomic mass is 9.94. The smallest absolute Gasteiger partial charge is 0.489 e. The van der Waals surface area contributed by atoms with Crippen LogP contribution in [0.2, 0.25) is 0 Å². The van der Waals surface area contributed by atoms with Gasteiger partial charge in [0.25, 0.3) is 0 Å². The molecule has 2 atom stereocenters. The first-order chi connectivity index (χ1) is 21.0. The SMILES string of the molecule is OCC(NC(c1cccc(OCc2ccc(OC(F)(F)F)cc2)c1)c1ccc(C(F)(F)F)cc1F)c1cccc(C(F)(F)F)c1. The van der Waals surface area contributed by atoms with Crippen LogP contribution in [-0.2, 0) is 19.0 Å². The van der Waals surface area contributed by atoms with Crippen molar-refractivity contribution in [2.75, 3.05) is 6.61 Å². The van der Waals surface area contributed by atoms with E-state index in [-0.39, 0.29) is 35.1 Å². The van der Waals surface area contributed by atoms with Gasteiger partial charge in [-0.15, -0.1) is 13.2 Å². The van der Waals surface area contributed by atoms with E-state index in [9.17, 15) is 44.6 Å². The molecule has 0 aliphatic rings. The van der Waals surface area contributed by atoms with E-state index in [4.69, 9.17) is 4.74 Å². The molecule has 4 aromatic rings. The second-order valence-corrected chi connectivity index (χ2v) is 9.75. The van der Waals surface area contributed by atoms with Crippen LogP contribution in [0.4, 0.5) is 43.9 Å². The van der Waals surface area contributed by atoms with Gasteiger partial charge in [-0.2, -0.15) is 26.3 Å². The standard InChI is InChI=1S/C31H23F10NO3/c32-26-15-22(30(36,37)38)9-12-25(26)28(42-27(16-43)19-3-1-5-21(13-19)29(33,34)35)20-4-2-6-24(14-20)44-17-18-7-10-23(11-8-18)45-31(39,40)41/h1-15,27-28,42-43H,16-17H2. The third-order valence-electron chi connectivity index (χ3n) is 6.56. The number of alkyl halides is 9. The van der Waals surface area contributed by atoms with Gasteiger partial charge in [0.1, 0.15) is 23.9 Å². The molecule has 4 aromatic carbocycles. The summed E-state index contributed by atoms with van der Waals surface area (Å²) < 4.78 is 142. The zero-order valence-corrected chi connectivity index (χ0v) is 22.8. The Morgan fingerprint density at radius 3 is 1.89 bits per heavy atom. The average Bonchev–Trinajstić information content (AvgIpc) is 2.96. The van der Waals surface area contributed by atoms with E-state index in [0.717, 1.165) is 36.4 Å². The number of ether oxygens (including phenoxy) is 2. The molecule has 0 radical (unpaired) electrons. The lowest BCUT2D eigenvalue weighted by Gasteiger charge is -2.27. The normalized spacial score (nSPS) is 13.8. The zero-order valence-electron chi connectivity index (χ0n) is 22.8. The van der Waals surface area contributed by atoms with Gasteiger partial charge in [-0.25, -0.2) is 4.39 Å². The Bertz CT molecular complexity index is 1580. The minimum atomic E-state index is -4.87. The van der Waals surface area contributed by atoms with Crippen molar-refractivity contribution in [3.05, 3.63) is 130 Å². The molecule has 0 spiro atoms. The summed E-state index contributed by atoms with van der Waals surface area (Å²) in [6.45, 7) is -0.893. The molecule has 240 valence electrons. The molecule has 0 saturated heterocycles. The molecule has 0 bridgehead atoms. The quantitative estimate of drug-likeness (QED) is 0.169. The summed E-state index contributed by atoms with van der Waals surface area (Å²) in [5.41, 5.74) is -1.93. The minimum absolute atomic E-state index is 0.0185. The van der Waals surface area contributed by atoms with Crippen LogP contribution in [0.3, 0.4) is 0 Å². The summed E-state index contributed by atoms with van der Waals surface area (Å²) in [6, 6.07) is 14.0. The van der Waals surface area contributed by atoms with Crippen LogP contribution in [0.1, 0.15) is 45.5 Å². The number of aliphatic hydroxyl groups is 1. The number of hydrogen-bond acceptors (Lipinski definition) is 4. The van der Waals surface area contributed by atoms with Crippen LogP contribution in [0.25, 0.3) is 0 Å². The third-order valence-corrected chi connectivity index (χ3v) is 6.56. The molecule has 0 amide bonds. The van der Waals surface area contributed by atoms with Crippen LogP contribution in [0.15, 0.2) is 91.0 Å². The van der Waals surface area contributed by atoms with Gasteiger partial charge in [-0.3, -0.25) is 5.32 Å². The molecule has 2 N–H and O–H groups in total. The number of halogens is 10. The minimum Gasteiger partial charge on any atom is -0.489 e. The van der Waals surface area contributed by atoms with Crippen molar-refractivity contribution in [1.29, 1.82) is 0 Å². The number of aliphatic hydroxyl groups excluding tert-OH is 1. The Balaban J connectivity index is 1.65. The summed E-state index contributed by atoms with van der Waals surface area (Å²) in [5, 5.41) is 13.0. The van der Waals surface area contributed by atoms with Gasteiger partial charge < -0.3 is 14.6 Å². The Morgan fingerprint density at radius 2 is 1.29 bits per heavy atom. The molecule has 4 nitrogen and oxygen atoms in total. The van der Waals surface area contributed by atoms with E-state index in [2.05, 4.69) is 10.1 Å². The van der Waals surface area contributed by atoms with Crippen LogP contribution in [0, 0.1) is 5.82 Å². The van der Waals surface area contributed by atoms with Crippen molar-refractivity contribution < 1.29 is 58.5 Å². The Kier molecular flexibility index (Phi) is 9.98. The molecule has 14 heteroatoms. The molecule has 45 heavy (non-hydrogen) atoms. The highest BCUT2D eigenvalue weighted by Crippen LogP contribution is 2.36. The fourth-order valence-electron chi connectivity index (χ4n) is 4.43. The number of rotatable bonds is 10. The Hall–Kier alpha value is -4.30. The molecule has 0 aromatic heterocycles. The van der Waals surface area contributed by atoms with E-state index >= 15 is 4.39 Å². The van der Waals surface area contributed by atoms with Crippen LogP contribution < -0.4 is 14.8 Å². The fraction of sp³-hybridized carbons (Fsp3) is 0.226. The Morgan fingerprint density at radius 1 is 0.667 bits per heavy atom. The maximum atomic E-state index is 15.2. The van der Waals surface area contributed by atoms with Gasteiger partial charge in [0.15, 0.2) is 0 Å². The van der Waals surface area contributed by atoms with Crippen LogP contribution >= 0.6 is 0 Å². The summed E-state index contributed by atoms with van der Waals surface area (Å²) >= 11 is 0. The van der Waals surface area contributed by atoms with Crippen molar-refractivity contribution in [3.63, 3.8) is 0 Å². The van der Waals surface area contributed by atoms with E-state index in [1.54, 1.807) is 0 Å². The lowest BCUT2D eigenvalue weighted by Crippen LogP contribution is -2.30. The van der Waals surface area contributed by atoms with Crippen molar-refractivity contribution in [1.82, 2.24) is 5.32 Å². The topological polar surface area (TPSA) is 50.7 Å². The maximum Gasteiger partial charge on any atom is 0.573 e. The first-order valence-electron chi connectivity index (χ1n) is 13.0. The first-order valence-corrected chi connectivity index (χ1v) is 13.0. The van der Waals surface area contributed by atoms with Crippen LogP contribution in [-0.4, -0.2) is 18.1 Å². The average molecular weight is 648 g/mol. The van der Waals surface area contributed by atoms with Gasteiger partial charge >= 0.3 is 18.7 Å². The largest absolute Gasteiger partial charge is 0.573 e. The predicted molar refractivity (Wildman–Crippen MR) is 142 cm³/mol. The number of hydrogen-bond donors (Lipinski definition) is 2. The number of nitrogens with one attached hydrogen (secondary N) is 1. The summed E-state index contributed by atoms with van der Waals surface area (Å²) in [6.07, 6.45) is -14.4. The molecule has 0 aliphatic carbocycles. The molecule has 4 rings (SSSR count). The summed E-state index contributed by atoms with van der Waals surface area (Å²) in [7, 11) is 0. The van der Waals surface area contributed by atoms with Gasteiger partial charge in [0.05, 0.1) is 29.8 Å². The second-order valence-electron chi connectivity index (χ2n) is 9.75. The molecular formula is C31H23F10NO3. The van der Waals surface area contributed by atoms with E-state index in [1.807, 2.05) is 0 Å². The van der Waals surface area contributed by atoms with Gasteiger partial charge in [-0.1, -0.05) is 42.5 Å². The summed E-state index contributed by atoms with van der Waals surface area (Å²) in [4.78, 5) is 0. The van der Waals surface area contributed by atoms with Gasteiger partial charge in [0, 0.05) is 5.56 Å². The molecule has 2 unspecified atom stereocenters. The molecular weight excluding hydrogens is 624 g/mol.